The Kier molecular flexibility index (Phi) is 5.85. The standard InChI is InChI=1S/C19H18F2N4OS/c1-3-25-18(14-7-5-4-6-12(14)2)23-24-19(25)27-11-17(26)22-13-8-9-15(20)16(21)10-13/h4-10H,3,11H2,1-2H3,(H,22,26). The fourth-order valence-corrected chi connectivity index (χ4v) is 3.41. The molecule has 2 aromatic carbocycles. The van der Waals surface area contributed by atoms with Crippen molar-refractivity contribution in [3.8, 4) is 11.4 Å². The first-order chi connectivity index (χ1) is 13.0. The first-order valence-electron chi connectivity index (χ1n) is 8.36. The molecule has 1 N–H and O–H groups in total. The van der Waals surface area contributed by atoms with Gasteiger partial charge in [0.2, 0.25) is 5.91 Å². The molecule has 0 saturated carbocycles. The van der Waals surface area contributed by atoms with Crippen LogP contribution in [-0.2, 0) is 11.3 Å². The lowest BCUT2D eigenvalue weighted by molar-refractivity contribution is -0.113. The Morgan fingerprint density at radius 1 is 1.15 bits per heavy atom. The predicted octanol–water partition coefficient (Wildman–Crippen LogP) is 4.28. The van der Waals surface area contributed by atoms with E-state index in [9.17, 15) is 13.6 Å². The van der Waals surface area contributed by atoms with Gasteiger partial charge in [0.15, 0.2) is 22.6 Å². The molecule has 3 rings (SSSR count). The quantitative estimate of drug-likeness (QED) is 0.640. The van der Waals surface area contributed by atoms with Gasteiger partial charge in [-0.25, -0.2) is 8.78 Å². The summed E-state index contributed by atoms with van der Waals surface area (Å²) < 4.78 is 28.1. The molecule has 27 heavy (non-hydrogen) atoms. The van der Waals surface area contributed by atoms with Crippen LogP contribution in [0.4, 0.5) is 14.5 Å². The lowest BCUT2D eigenvalue weighted by atomic mass is 10.1. The molecule has 3 aromatic rings. The molecule has 0 aliphatic heterocycles. The normalized spacial score (nSPS) is 10.8. The number of rotatable bonds is 6. The molecule has 0 unspecified atom stereocenters. The van der Waals surface area contributed by atoms with Gasteiger partial charge in [0.25, 0.3) is 0 Å². The molecule has 0 aliphatic rings. The number of amides is 1. The minimum absolute atomic E-state index is 0.0743. The van der Waals surface area contributed by atoms with Crippen molar-refractivity contribution >= 4 is 23.4 Å². The van der Waals surface area contributed by atoms with E-state index in [1.807, 2.05) is 42.7 Å². The Morgan fingerprint density at radius 3 is 2.63 bits per heavy atom. The van der Waals surface area contributed by atoms with Crippen LogP contribution in [0.2, 0.25) is 0 Å². The van der Waals surface area contributed by atoms with Crippen molar-refractivity contribution < 1.29 is 13.6 Å². The molecule has 1 aromatic heterocycles. The number of hydrogen-bond acceptors (Lipinski definition) is 4. The maximum absolute atomic E-state index is 13.2. The van der Waals surface area contributed by atoms with Gasteiger partial charge < -0.3 is 9.88 Å². The number of hydrogen-bond donors (Lipinski definition) is 1. The number of thioether (sulfide) groups is 1. The number of halogens is 2. The molecule has 0 spiro atoms. The third kappa shape index (κ3) is 4.33. The number of benzene rings is 2. The van der Waals surface area contributed by atoms with E-state index in [0.717, 1.165) is 29.1 Å². The van der Waals surface area contributed by atoms with Crippen molar-refractivity contribution in [1.29, 1.82) is 0 Å². The summed E-state index contributed by atoms with van der Waals surface area (Å²) in [4.78, 5) is 12.1. The molecule has 1 heterocycles. The average Bonchev–Trinajstić information content (AvgIpc) is 3.06. The Hall–Kier alpha value is -2.74. The van der Waals surface area contributed by atoms with Crippen LogP contribution in [0.5, 0.6) is 0 Å². The van der Waals surface area contributed by atoms with Gasteiger partial charge in [0.1, 0.15) is 0 Å². The summed E-state index contributed by atoms with van der Waals surface area (Å²) >= 11 is 1.24. The largest absolute Gasteiger partial charge is 0.325 e. The third-order valence-corrected chi connectivity index (χ3v) is 4.92. The molecule has 8 heteroatoms. The minimum Gasteiger partial charge on any atom is -0.325 e. The molecular weight excluding hydrogens is 370 g/mol. The zero-order chi connectivity index (χ0) is 19.4. The van der Waals surface area contributed by atoms with Gasteiger partial charge in [-0.15, -0.1) is 10.2 Å². The SMILES string of the molecule is CCn1c(SCC(=O)Nc2ccc(F)c(F)c2)nnc1-c1ccccc1C. The summed E-state index contributed by atoms with van der Waals surface area (Å²) in [6.45, 7) is 4.65. The lowest BCUT2D eigenvalue weighted by Crippen LogP contribution is -2.15. The number of carbonyl (C=O) groups is 1. The second kappa shape index (κ2) is 8.30. The minimum atomic E-state index is -1.01. The van der Waals surface area contributed by atoms with Crippen molar-refractivity contribution in [1.82, 2.24) is 14.8 Å². The summed E-state index contributed by atoms with van der Waals surface area (Å²) in [6, 6.07) is 11.1. The molecule has 0 radical (unpaired) electrons. The summed E-state index contributed by atoms with van der Waals surface area (Å²) in [5, 5.41) is 11.6. The van der Waals surface area contributed by atoms with Crippen molar-refractivity contribution in [3.05, 3.63) is 59.7 Å². The molecule has 0 aliphatic carbocycles. The number of aromatic nitrogens is 3. The molecule has 0 saturated heterocycles. The highest BCUT2D eigenvalue weighted by molar-refractivity contribution is 7.99. The average molecular weight is 388 g/mol. The highest BCUT2D eigenvalue weighted by Gasteiger charge is 2.16. The Bertz CT molecular complexity index is 974. The summed E-state index contributed by atoms with van der Waals surface area (Å²) in [7, 11) is 0. The number of carbonyl (C=O) groups excluding carboxylic acids is 1. The highest BCUT2D eigenvalue weighted by atomic mass is 32.2. The van der Waals surface area contributed by atoms with Crippen LogP contribution in [0, 0.1) is 18.6 Å². The van der Waals surface area contributed by atoms with Crippen LogP contribution < -0.4 is 5.32 Å². The second-order valence-electron chi connectivity index (χ2n) is 5.83. The first-order valence-corrected chi connectivity index (χ1v) is 9.35. The van der Waals surface area contributed by atoms with Crippen molar-refractivity contribution in [2.75, 3.05) is 11.1 Å². The van der Waals surface area contributed by atoms with E-state index < -0.39 is 11.6 Å². The molecule has 1 amide bonds. The summed E-state index contributed by atoms with van der Waals surface area (Å²) in [5.41, 5.74) is 2.29. The highest BCUT2D eigenvalue weighted by Crippen LogP contribution is 2.26. The fraction of sp³-hybridized carbons (Fsp3) is 0.211. The molecule has 0 bridgehead atoms. The summed E-state index contributed by atoms with van der Waals surface area (Å²) in [5.74, 6) is -1.48. The zero-order valence-electron chi connectivity index (χ0n) is 14.9. The molecule has 0 fully saturated rings. The Labute approximate surface area is 159 Å². The van der Waals surface area contributed by atoms with Crippen molar-refractivity contribution in [2.24, 2.45) is 0 Å². The monoisotopic (exact) mass is 388 g/mol. The van der Waals surface area contributed by atoms with Crippen LogP contribution >= 0.6 is 11.8 Å². The van der Waals surface area contributed by atoms with E-state index >= 15 is 0 Å². The van der Waals surface area contributed by atoms with Gasteiger partial charge in [0, 0.05) is 23.9 Å². The second-order valence-corrected chi connectivity index (χ2v) is 6.77. The zero-order valence-corrected chi connectivity index (χ0v) is 15.7. The van der Waals surface area contributed by atoms with Gasteiger partial charge in [-0.3, -0.25) is 4.79 Å². The van der Waals surface area contributed by atoms with Crippen LogP contribution in [0.15, 0.2) is 47.6 Å². The number of nitrogens with zero attached hydrogens (tertiary/aromatic N) is 3. The number of anilines is 1. The molecule has 0 atom stereocenters. The van der Waals surface area contributed by atoms with Gasteiger partial charge in [-0.05, 0) is 31.5 Å². The fourth-order valence-electron chi connectivity index (χ4n) is 2.60. The van der Waals surface area contributed by atoms with Crippen molar-refractivity contribution in [3.63, 3.8) is 0 Å². The van der Waals surface area contributed by atoms with Crippen LogP contribution in [0.1, 0.15) is 12.5 Å². The summed E-state index contributed by atoms with van der Waals surface area (Å²) in [6.07, 6.45) is 0. The van der Waals surface area contributed by atoms with E-state index in [0.29, 0.717) is 11.7 Å². The van der Waals surface area contributed by atoms with Gasteiger partial charge >= 0.3 is 0 Å². The van der Waals surface area contributed by atoms with E-state index in [1.54, 1.807) is 0 Å². The van der Waals surface area contributed by atoms with Crippen molar-refractivity contribution in [2.45, 2.75) is 25.5 Å². The lowest BCUT2D eigenvalue weighted by Gasteiger charge is -2.09. The van der Waals surface area contributed by atoms with E-state index in [4.69, 9.17) is 0 Å². The topological polar surface area (TPSA) is 59.8 Å². The maximum atomic E-state index is 13.2. The van der Waals surface area contributed by atoms with Gasteiger partial charge in [-0.1, -0.05) is 36.0 Å². The van der Waals surface area contributed by atoms with E-state index in [-0.39, 0.29) is 17.3 Å². The number of aryl methyl sites for hydroxylation is 1. The smallest absolute Gasteiger partial charge is 0.234 e. The molecule has 5 nitrogen and oxygen atoms in total. The van der Waals surface area contributed by atoms with Gasteiger partial charge in [-0.2, -0.15) is 0 Å². The van der Waals surface area contributed by atoms with E-state index in [1.165, 1.54) is 17.8 Å². The maximum Gasteiger partial charge on any atom is 0.234 e. The Balaban J connectivity index is 1.70. The first kappa shape index (κ1) is 19.0. The predicted molar refractivity (Wildman–Crippen MR) is 102 cm³/mol. The molecule has 140 valence electrons. The van der Waals surface area contributed by atoms with Crippen LogP contribution in [0.3, 0.4) is 0 Å². The van der Waals surface area contributed by atoms with Gasteiger partial charge in [0.05, 0.1) is 5.75 Å². The Morgan fingerprint density at radius 2 is 1.93 bits per heavy atom. The number of nitrogens with one attached hydrogen (secondary N) is 1. The molecular formula is C19H18F2N4OS. The van der Waals surface area contributed by atoms with E-state index in [2.05, 4.69) is 15.5 Å². The van der Waals surface area contributed by atoms with Crippen LogP contribution in [-0.4, -0.2) is 26.4 Å². The van der Waals surface area contributed by atoms with Crippen LogP contribution in [0.25, 0.3) is 11.4 Å². The third-order valence-electron chi connectivity index (χ3n) is 3.95.